The quantitative estimate of drug-likeness (QED) is 0.755. The maximum atomic E-state index is 12.2. The molecule has 0 fully saturated rings. The van der Waals surface area contributed by atoms with Crippen molar-refractivity contribution in [2.75, 3.05) is 13.4 Å². The molecule has 0 aliphatic carbocycles. The van der Waals surface area contributed by atoms with Gasteiger partial charge in [0.05, 0.1) is 18.0 Å². The molecule has 26 heavy (non-hydrogen) atoms. The monoisotopic (exact) mass is 373 g/mol. The summed E-state index contributed by atoms with van der Waals surface area (Å²) in [6.45, 7) is 1.96. The van der Waals surface area contributed by atoms with Crippen LogP contribution in [0.15, 0.2) is 59.5 Å². The van der Waals surface area contributed by atoms with Crippen LogP contribution < -0.4 is 10.1 Å². The molecule has 2 rings (SSSR count). The summed E-state index contributed by atoms with van der Waals surface area (Å²) in [5, 5.41) is 2.93. The lowest BCUT2D eigenvalue weighted by Gasteiger charge is -2.16. The van der Waals surface area contributed by atoms with Gasteiger partial charge >= 0.3 is 0 Å². The van der Waals surface area contributed by atoms with Gasteiger partial charge in [0.25, 0.3) is 0 Å². The Balaban J connectivity index is 2.04. The van der Waals surface area contributed by atoms with Gasteiger partial charge in [-0.25, -0.2) is 8.42 Å². The molecule has 0 radical (unpaired) electrons. The molecule has 0 aromatic heterocycles. The summed E-state index contributed by atoms with van der Waals surface area (Å²) in [6, 6.07) is 13.8. The van der Waals surface area contributed by atoms with Gasteiger partial charge in [0.1, 0.15) is 5.75 Å². The van der Waals surface area contributed by atoms with Crippen LogP contribution in [0.2, 0.25) is 0 Å². The number of methoxy groups -OCH3 is 1. The molecule has 138 valence electrons. The number of hydrogen-bond donors (Lipinski definition) is 1. The topological polar surface area (TPSA) is 72.5 Å². The number of carbonyl (C=O) groups is 1. The van der Waals surface area contributed by atoms with Gasteiger partial charge in [0.2, 0.25) is 5.91 Å². The highest BCUT2D eigenvalue weighted by Gasteiger charge is 2.13. The fourth-order valence-electron chi connectivity index (χ4n) is 2.48. The molecule has 5 nitrogen and oxygen atoms in total. The Labute approximate surface area is 154 Å². The fraction of sp³-hybridized carbons (Fsp3) is 0.250. The zero-order chi connectivity index (χ0) is 19.2. The smallest absolute Gasteiger partial charge is 0.244 e. The average molecular weight is 373 g/mol. The van der Waals surface area contributed by atoms with E-state index in [4.69, 9.17) is 4.74 Å². The summed E-state index contributed by atoms with van der Waals surface area (Å²) in [5.74, 6) is 0.551. The lowest BCUT2D eigenvalue weighted by Crippen LogP contribution is -2.26. The van der Waals surface area contributed by atoms with Gasteiger partial charge in [-0.2, -0.15) is 0 Å². The molecule has 0 aliphatic rings. The Morgan fingerprint density at radius 2 is 1.73 bits per heavy atom. The number of hydrogen-bond acceptors (Lipinski definition) is 4. The van der Waals surface area contributed by atoms with E-state index in [1.54, 1.807) is 37.5 Å². The first-order valence-corrected chi connectivity index (χ1v) is 10.1. The number of nitrogens with one attached hydrogen (secondary N) is 1. The van der Waals surface area contributed by atoms with E-state index in [9.17, 15) is 13.2 Å². The van der Waals surface area contributed by atoms with Gasteiger partial charge in [-0.1, -0.05) is 31.2 Å². The largest absolute Gasteiger partial charge is 0.497 e. The average Bonchev–Trinajstić information content (AvgIpc) is 2.64. The van der Waals surface area contributed by atoms with Crippen LogP contribution >= 0.6 is 0 Å². The normalized spacial score (nSPS) is 12.7. The SMILES string of the molecule is CC[C@@H](NC(=O)/C=C/c1ccc(OC)cc1)c1ccc(S(C)(=O)=O)cc1. The third kappa shape index (κ3) is 5.46. The predicted molar refractivity (Wildman–Crippen MR) is 103 cm³/mol. The summed E-state index contributed by atoms with van der Waals surface area (Å²) < 4.78 is 28.2. The molecule has 2 aromatic carbocycles. The van der Waals surface area contributed by atoms with Gasteiger partial charge in [0.15, 0.2) is 9.84 Å². The molecule has 1 N–H and O–H groups in total. The van der Waals surface area contributed by atoms with E-state index >= 15 is 0 Å². The van der Waals surface area contributed by atoms with Crippen molar-refractivity contribution in [1.29, 1.82) is 0 Å². The minimum Gasteiger partial charge on any atom is -0.497 e. The molecule has 0 heterocycles. The Bertz CT molecular complexity index is 869. The highest BCUT2D eigenvalue weighted by Crippen LogP contribution is 2.19. The third-order valence-electron chi connectivity index (χ3n) is 3.98. The minimum atomic E-state index is -3.23. The van der Waals surface area contributed by atoms with Crippen molar-refractivity contribution in [2.45, 2.75) is 24.3 Å². The van der Waals surface area contributed by atoms with Gasteiger partial charge in [-0.05, 0) is 47.9 Å². The Kier molecular flexibility index (Phi) is 6.58. The van der Waals surface area contributed by atoms with Crippen molar-refractivity contribution in [3.8, 4) is 5.75 Å². The number of benzene rings is 2. The summed E-state index contributed by atoms with van der Waals surface area (Å²) in [7, 11) is -1.62. The van der Waals surface area contributed by atoms with Crippen molar-refractivity contribution >= 4 is 21.8 Å². The van der Waals surface area contributed by atoms with Crippen LogP contribution in [0.5, 0.6) is 5.75 Å². The minimum absolute atomic E-state index is 0.184. The van der Waals surface area contributed by atoms with Crippen molar-refractivity contribution in [1.82, 2.24) is 5.32 Å². The summed E-state index contributed by atoms with van der Waals surface area (Å²) in [4.78, 5) is 12.5. The van der Waals surface area contributed by atoms with Crippen molar-refractivity contribution in [2.24, 2.45) is 0 Å². The number of rotatable bonds is 7. The lowest BCUT2D eigenvalue weighted by molar-refractivity contribution is -0.117. The lowest BCUT2D eigenvalue weighted by atomic mass is 10.0. The van der Waals surface area contributed by atoms with E-state index in [1.807, 2.05) is 31.2 Å². The third-order valence-corrected chi connectivity index (χ3v) is 5.11. The second kappa shape index (κ2) is 8.67. The molecule has 1 amide bonds. The van der Waals surface area contributed by atoms with Crippen LogP contribution in [-0.2, 0) is 14.6 Å². The first-order valence-electron chi connectivity index (χ1n) is 8.26. The second-order valence-electron chi connectivity index (χ2n) is 5.92. The van der Waals surface area contributed by atoms with Gasteiger partial charge in [-0.3, -0.25) is 4.79 Å². The predicted octanol–water partition coefficient (Wildman–Crippen LogP) is 3.38. The van der Waals surface area contributed by atoms with E-state index in [0.29, 0.717) is 6.42 Å². The number of amides is 1. The molecule has 6 heteroatoms. The Morgan fingerprint density at radius 3 is 2.23 bits per heavy atom. The van der Waals surface area contributed by atoms with Gasteiger partial charge in [0, 0.05) is 12.3 Å². The fourth-order valence-corrected chi connectivity index (χ4v) is 3.11. The van der Waals surface area contributed by atoms with Crippen molar-refractivity contribution in [3.05, 3.63) is 65.7 Å². The first kappa shape index (κ1) is 19.7. The molecule has 1 atom stereocenters. The highest BCUT2D eigenvalue weighted by molar-refractivity contribution is 7.90. The summed E-state index contributed by atoms with van der Waals surface area (Å²) >= 11 is 0. The zero-order valence-corrected chi connectivity index (χ0v) is 15.9. The molecule has 0 saturated carbocycles. The molecule has 0 spiro atoms. The maximum Gasteiger partial charge on any atom is 0.244 e. The molecular weight excluding hydrogens is 350 g/mol. The van der Waals surface area contributed by atoms with Crippen molar-refractivity contribution < 1.29 is 17.9 Å². The molecule has 0 saturated heterocycles. The van der Waals surface area contributed by atoms with E-state index in [-0.39, 0.29) is 16.8 Å². The van der Waals surface area contributed by atoms with Crippen LogP contribution in [0.3, 0.4) is 0 Å². The number of ether oxygens (including phenoxy) is 1. The standard InChI is InChI=1S/C20H23NO4S/c1-4-19(16-8-12-18(13-9-16)26(3,23)24)21-20(22)14-7-15-5-10-17(25-2)11-6-15/h5-14,19H,4H2,1-3H3,(H,21,22)/b14-7+/t19-/m1/s1. The molecule has 2 aromatic rings. The van der Waals surface area contributed by atoms with Crippen molar-refractivity contribution in [3.63, 3.8) is 0 Å². The first-order chi connectivity index (χ1) is 12.3. The van der Waals surface area contributed by atoms with Crippen LogP contribution in [0.25, 0.3) is 6.08 Å². The van der Waals surface area contributed by atoms with Crippen LogP contribution in [0, 0.1) is 0 Å². The Hall–Kier alpha value is -2.60. The Morgan fingerprint density at radius 1 is 1.12 bits per heavy atom. The molecule has 0 aliphatic heterocycles. The van der Waals surface area contributed by atoms with Gasteiger partial charge in [-0.15, -0.1) is 0 Å². The molecular formula is C20H23NO4S. The van der Waals surface area contributed by atoms with Gasteiger partial charge < -0.3 is 10.1 Å². The van der Waals surface area contributed by atoms with Crippen LogP contribution in [0.4, 0.5) is 0 Å². The summed E-state index contributed by atoms with van der Waals surface area (Å²) in [6.07, 6.45) is 5.08. The summed E-state index contributed by atoms with van der Waals surface area (Å²) in [5.41, 5.74) is 1.76. The van der Waals surface area contributed by atoms with Crippen LogP contribution in [-0.4, -0.2) is 27.7 Å². The van der Waals surface area contributed by atoms with E-state index < -0.39 is 9.84 Å². The number of carbonyl (C=O) groups excluding carboxylic acids is 1. The van der Waals surface area contributed by atoms with E-state index in [2.05, 4.69) is 5.32 Å². The molecule has 0 unspecified atom stereocenters. The second-order valence-corrected chi connectivity index (χ2v) is 7.93. The van der Waals surface area contributed by atoms with E-state index in [1.165, 1.54) is 12.3 Å². The van der Waals surface area contributed by atoms with Crippen LogP contribution in [0.1, 0.15) is 30.5 Å². The zero-order valence-electron chi connectivity index (χ0n) is 15.1. The number of sulfone groups is 1. The highest BCUT2D eigenvalue weighted by atomic mass is 32.2. The van der Waals surface area contributed by atoms with E-state index in [0.717, 1.165) is 16.9 Å². The molecule has 0 bridgehead atoms. The maximum absolute atomic E-state index is 12.2.